The maximum Gasteiger partial charge on any atom is 0.141 e. The van der Waals surface area contributed by atoms with Crippen molar-refractivity contribution in [3.63, 3.8) is 0 Å². The maximum atomic E-state index is 6.12. The van der Waals surface area contributed by atoms with Crippen LogP contribution in [0.4, 0.5) is 0 Å². The van der Waals surface area contributed by atoms with Crippen LogP contribution in [0.5, 0.6) is 0 Å². The Morgan fingerprint density at radius 3 is 2.59 bits per heavy atom. The molecule has 3 aromatic rings. The molecule has 0 N–H and O–H groups in total. The molecule has 0 saturated carbocycles. The van der Waals surface area contributed by atoms with Gasteiger partial charge in [0.1, 0.15) is 5.82 Å². The molecule has 2 aromatic carbocycles. The molecule has 0 aliphatic heterocycles. The van der Waals surface area contributed by atoms with Gasteiger partial charge in [0.25, 0.3) is 0 Å². The Labute approximate surface area is 136 Å². The number of benzene rings is 2. The topological polar surface area (TPSA) is 21.1 Å². The number of hydrogen-bond acceptors (Lipinski definition) is 2. The van der Waals surface area contributed by atoms with Crippen LogP contribution < -0.4 is 0 Å². The Hall–Kier alpha value is -1.84. The normalized spacial score (nSPS) is 11.5. The summed E-state index contributed by atoms with van der Waals surface area (Å²) in [6.07, 6.45) is 1.08. The van der Waals surface area contributed by atoms with Crippen molar-refractivity contribution in [1.82, 2.24) is 14.5 Å². The number of aromatic nitrogens is 2. The van der Waals surface area contributed by atoms with Crippen molar-refractivity contribution in [1.29, 1.82) is 0 Å². The van der Waals surface area contributed by atoms with Crippen molar-refractivity contribution in [3.05, 3.63) is 53.6 Å². The predicted molar refractivity (Wildman–Crippen MR) is 93.4 cm³/mol. The highest BCUT2D eigenvalue weighted by molar-refractivity contribution is 6.31. The first-order valence-electron chi connectivity index (χ1n) is 7.51. The summed E-state index contributed by atoms with van der Waals surface area (Å²) < 4.78 is 2.30. The maximum absolute atomic E-state index is 6.12. The van der Waals surface area contributed by atoms with E-state index in [1.807, 2.05) is 30.3 Å². The third kappa shape index (κ3) is 3.16. The Bertz CT molecular complexity index is 763. The van der Waals surface area contributed by atoms with Crippen LogP contribution in [0.15, 0.2) is 48.5 Å². The van der Waals surface area contributed by atoms with Gasteiger partial charge >= 0.3 is 0 Å². The predicted octanol–water partition coefficient (Wildman–Crippen LogP) is 4.31. The number of imidazole rings is 1. The van der Waals surface area contributed by atoms with Gasteiger partial charge in [0.05, 0.1) is 11.0 Å². The van der Waals surface area contributed by atoms with Crippen LogP contribution in [0.3, 0.4) is 0 Å². The quantitative estimate of drug-likeness (QED) is 0.700. The molecule has 3 nitrogen and oxygen atoms in total. The molecule has 0 amide bonds. The number of nitrogens with zero attached hydrogens (tertiary/aromatic N) is 3. The number of aryl methyl sites for hydroxylation is 1. The first-order valence-corrected chi connectivity index (χ1v) is 7.89. The summed E-state index contributed by atoms with van der Waals surface area (Å²) in [6, 6.07) is 16.3. The van der Waals surface area contributed by atoms with E-state index >= 15 is 0 Å². The molecule has 3 rings (SSSR count). The molecule has 0 atom stereocenters. The van der Waals surface area contributed by atoms with E-state index in [0.29, 0.717) is 0 Å². The van der Waals surface area contributed by atoms with Crippen molar-refractivity contribution < 1.29 is 0 Å². The zero-order chi connectivity index (χ0) is 15.5. The molecule has 0 spiro atoms. The van der Waals surface area contributed by atoms with E-state index in [-0.39, 0.29) is 0 Å². The second-order valence-electron chi connectivity index (χ2n) is 5.74. The van der Waals surface area contributed by atoms with E-state index in [4.69, 9.17) is 16.6 Å². The molecule has 0 saturated heterocycles. The van der Waals surface area contributed by atoms with Crippen LogP contribution in [0, 0.1) is 0 Å². The van der Waals surface area contributed by atoms with E-state index in [2.05, 4.69) is 41.8 Å². The summed E-state index contributed by atoms with van der Waals surface area (Å²) in [5.74, 6) is 1.01. The summed E-state index contributed by atoms with van der Waals surface area (Å²) in [4.78, 5) is 7.01. The lowest BCUT2D eigenvalue weighted by Gasteiger charge is -2.12. The van der Waals surface area contributed by atoms with Crippen molar-refractivity contribution in [2.24, 2.45) is 0 Å². The Kier molecular flexibility index (Phi) is 4.46. The fourth-order valence-electron chi connectivity index (χ4n) is 2.68. The lowest BCUT2D eigenvalue weighted by Crippen LogP contribution is -2.15. The average Bonchev–Trinajstić information content (AvgIpc) is 2.86. The van der Waals surface area contributed by atoms with Gasteiger partial charge in [0.15, 0.2) is 0 Å². The third-order valence-electron chi connectivity index (χ3n) is 3.73. The van der Waals surface area contributed by atoms with Crippen LogP contribution in [0.1, 0.15) is 6.42 Å². The Balaban J connectivity index is 2.05. The average molecular weight is 314 g/mol. The van der Waals surface area contributed by atoms with Crippen LogP contribution in [-0.4, -0.2) is 35.1 Å². The lowest BCUT2D eigenvalue weighted by molar-refractivity contribution is 0.388. The smallest absolute Gasteiger partial charge is 0.141 e. The van der Waals surface area contributed by atoms with Gasteiger partial charge in [0, 0.05) is 17.1 Å². The molecule has 1 aromatic heterocycles. The minimum Gasteiger partial charge on any atom is -0.324 e. The van der Waals surface area contributed by atoms with Gasteiger partial charge in [-0.3, -0.25) is 0 Å². The molecule has 0 unspecified atom stereocenters. The molecule has 114 valence electrons. The fourth-order valence-corrected chi connectivity index (χ4v) is 2.85. The largest absolute Gasteiger partial charge is 0.324 e. The summed E-state index contributed by atoms with van der Waals surface area (Å²) in [6.45, 7) is 2.00. The van der Waals surface area contributed by atoms with Crippen molar-refractivity contribution >= 4 is 22.6 Å². The standard InChI is InChI=1S/C18H20ClN3/c1-21(2)11-6-12-22-17-10-9-15(19)13-16(17)20-18(22)14-7-4-3-5-8-14/h3-5,7-10,13H,6,11-12H2,1-2H3. The lowest BCUT2D eigenvalue weighted by atomic mass is 10.2. The Morgan fingerprint density at radius 2 is 1.86 bits per heavy atom. The molecule has 0 fully saturated rings. The molecule has 0 aliphatic carbocycles. The molecular formula is C18H20ClN3. The van der Waals surface area contributed by atoms with Crippen LogP contribution in [-0.2, 0) is 6.54 Å². The first kappa shape index (κ1) is 15.1. The van der Waals surface area contributed by atoms with Gasteiger partial charge in [0.2, 0.25) is 0 Å². The minimum absolute atomic E-state index is 0.727. The second-order valence-corrected chi connectivity index (χ2v) is 6.18. The molecule has 0 aliphatic rings. The number of rotatable bonds is 5. The summed E-state index contributed by atoms with van der Waals surface area (Å²) in [5.41, 5.74) is 3.23. The zero-order valence-electron chi connectivity index (χ0n) is 13.0. The van der Waals surface area contributed by atoms with Gasteiger partial charge in [-0.05, 0) is 45.3 Å². The third-order valence-corrected chi connectivity index (χ3v) is 3.96. The van der Waals surface area contributed by atoms with Crippen molar-refractivity contribution in [2.75, 3.05) is 20.6 Å². The monoisotopic (exact) mass is 313 g/mol. The van der Waals surface area contributed by atoms with Gasteiger partial charge in [-0.15, -0.1) is 0 Å². The molecule has 0 radical (unpaired) electrons. The van der Waals surface area contributed by atoms with Gasteiger partial charge in [-0.25, -0.2) is 4.98 Å². The highest BCUT2D eigenvalue weighted by atomic mass is 35.5. The number of hydrogen-bond donors (Lipinski definition) is 0. The summed E-state index contributed by atoms with van der Waals surface area (Å²) in [7, 11) is 4.20. The second kappa shape index (κ2) is 6.51. The van der Waals surface area contributed by atoms with Gasteiger partial charge < -0.3 is 9.47 Å². The molecule has 1 heterocycles. The van der Waals surface area contributed by atoms with E-state index in [1.165, 1.54) is 0 Å². The SMILES string of the molecule is CN(C)CCCn1c(-c2ccccc2)nc2cc(Cl)ccc21. The number of halogens is 1. The molecule has 0 bridgehead atoms. The fraction of sp³-hybridized carbons (Fsp3) is 0.278. The van der Waals surface area contributed by atoms with Crippen LogP contribution in [0.25, 0.3) is 22.4 Å². The number of fused-ring (bicyclic) bond motifs is 1. The summed E-state index contributed by atoms with van der Waals surface area (Å²) >= 11 is 6.12. The highest BCUT2D eigenvalue weighted by Gasteiger charge is 2.12. The van der Waals surface area contributed by atoms with E-state index in [9.17, 15) is 0 Å². The zero-order valence-corrected chi connectivity index (χ0v) is 13.7. The van der Waals surface area contributed by atoms with Crippen molar-refractivity contribution in [3.8, 4) is 11.4 Å². The summed E-state index contributed by atoms with van der Waals surface area (Å²) in [5, 5.41) is 0.727. The van der Waals surface area contributed by atoms with Crippen LogP contribution >= 0.6 is 11.6 Å². The van der Waals surface area contributed by atoms with Gasteiger partial charge in [-0.2, -0.15) is 0 Å². The van der Waals surface area contributed by atoms with E-state index in [1.54, 1.807) is 0 Å². The van der Waals surface area contributed by atoms with Gasteiger partial charge in [-0.1, -0.05) is 41.9 Å². The van der Waals surface area contributed by atoms with E-state index < -0.39 is 0 Å². The Morgan fingerprint density at radius 1 is 1.09 bits per heavy atom. The first-order chi connectivity index (χ1) is 10.6. The molecule has 4 heteroatoms. The van der Waals surface area contributed by atoms with E-state index in [0.717, 1.165) is 47.0 Å². The molecular weight excluding hydrogens is 294 g/mol. The molecule has 22 heavy (non-hydrogen) atoms. The highest BCUT2D eigenvalue weighted by Crippen LogP contribution is 2.27. The van der Waals surface area contributed by atoms with Crippen LogP contribution in [0.2, 0.25) is 5.02 Å². The minimum atomic E-state index is 0.727. The van der Waals surface area contributed by atoms with Crippen molar-refractivity contribution in [2.45, 2.75) is 13.0 Å².